The monoisotopic (exact) mass is 263 g/mol. The topological polar surface area (TPSA) is 47.0 Å². The first-order chi connectivity index (χ1) is 9.13. The van der Waals surface area contributed by atoms with Gasteiger partial charge in [0.1, 0.15) is 5.60 Å². The van der Waals surface area contributed by atoms with Gasteiger partial charge in [0.2, 0.25) is 0 Å². The van der Waals surface area contributed by atoms with E-state index in [2.05, 4.69) is 31.1 Å². The second-order valence-corrected chi connectivity index (χ2v) is 5.42. The molecular formula is C15H25N3O. The van der Waals surface area contributed by atoms with E-state index in [0.29, 0.717) is 6.04 Å². The standard InChI is InChI=1S/C15H25N3O/c1-5-16-11(2)13-10-17-14(18-12(13)3)15(19-4)8-6-7-9-15/h10-11,16H,5-9H2,1-4H3. The van der Waals surface area contributed by atoms with Gasteiger partial charge in [0.25, 0.3) is 0 Å². The first-order valence-electron chi connectivity index (χ1n) is 7.25. The Morgan fingerprint density at radius 1 is 1.42 bits per heavy atom. The van der Waals surface area contributed by atoms with Gasteiger partial charge < -0.3 is 10.1 Å². The number of methoxy groups -OCH3 is 1. The molecule has 0 aliphatic heterocycles. The largest absolute Gasteiger partial charge is 0.370 e. The highest BCUT2D eigenvalue weighted by atomic mass is 16.5. The van der Waals surface area contributed by atoms with Crippen molar-refractivity contribution in [2.24, 2.45) is 0 Å². The van der Waals surface area contributed by atoms with E-state index < -0.39 is 0 Å². The molecule has 0 spiro atoms. The van der Waals surface area contributed by atoms with E-state index in [9.17, 15) is 0 Å². The van der Waals surface area contributed by atoms with E-state index in [-0.39, 0.29) is 5.60 Å². The fourth-order valence-corrected chi connectivity index (χ4v) is 3.00. The van der Waals surface area contributed by atoms with Crippen molar-refractivity contribution >= 4 is 0 Å². The summed E-state index contributed by atoms with van der Waals surface area (Å²) >= 11 is 0. The lowest BCUT2D eigenvalue weighted by Crippen LogP contribution is -2.28. The Hall–Kier alpha value is -1.00. The third kappa shape index (κ3) is 2.79. The maximum atomic E-state index is 5.75. The minimum Gasteiger partial charge on any atom is -0.370 e. The Labute approximate surface area is 116 Å². The molecule has 0 bridgehead atoms. The molecule has 1 saturated carbocycles. The van der Waals surface area contributed by atoms with E-state index in [4.69, 9.17) is 9.72 Å². The molecule has 0 amide bonds. The van der Waals surface area contributed by atoms with Gasteiger partial charge in [0, 0.05) is 30.6 Å². The van der Waals surface area contributed by atoms with Crippen LogP contribution in [0.1, 0.15) is 62.7 Å². The van der Waals surface area contributed by atoms with Crippen molar-refractivity contribution in [3.63, 3.8) is 0 Å². The Balaban J connectivity index is 2.28. The normalized spacial score (nSPS) is 19.6. The molecule has 1 heterocycles. The second kappa shape index (κ2) is 5.97. The first-order valence-corrected chi connectivity index (χ1v) is 7.25. The van der Waals surface area contributed by atoms with Crippen LogP contribution < -0.4 is 5.32 Å². The van der Waals surface area contributed by atoms with Crippen molar-refractivity contribution < 1.29 is 4.74 Å². The molecule has 4 heteroatoms. The highest BCUT2D eigenvalue weighted by molar-refractivity contribution is 5.22. The first kappa shape index (κ1) is 14.4. The lowest BCUT2D eigenvalue weighted by molar-refractivity contribution is -0.0164. The molecule has 19 heavy (non-hydrogen) atoms. The van der Waals surface area contributed by atoms with Crippen LogP contribution in [0.4, 0.5) is 0 Å². The molecular weight excluding hydrogens is 238 g/mol. The van der Waals surface area contributed by atoms with Gasteiger partial charge in [-0.2, -0.15) is 0 Å². The van der Waals surface area contributed by atoms with Gasteiger partial charge in [0.15, 0.2) is 5.82 Å². The van der Waals surface area contributed by atoms with Crippen LogP contribution in [-0.4, -0.2) is 23.6 Å². The van der Waals surface area contributed by atoms with Crippen LogP contribution in [0.5, 0.6) is 0 Å². The Bertz CT molecular complexity index is 427. The van der Waals surface area contributed by atoms with Gasteiger partial charge in [-0.3, -0.25) is 0 Å². The molecule has 1 aliphatic rings. The molecule has 1 atom stereocenters. The third-order valence-corrected chi connectivity index (χ3v) is 4.20. The fraction of sp³-hybridized carbons (Fsp3) is 0.733. The van der Waals surface area contributed by atoms with E-state index >= 15 is 0 Å². The summed E-state index contributed by atoms with van der Waals surface area (Å²) in [5.74, 6) is 0.859. The highest BCUT2D eigenvalue weighted by Crippen LogP contribution is 2.40. The second-order valence-electron chi connectivity index (χ2n) is 5.42. The minimum atomic E-state index is -0.245. The SMILES string of the molecule is CCNC(C)c1cnc(C2(OC)CCCC2)nc1C. The number of aromatic nitrogens is 2. The van der Waals surface area contributed by atoms with Crippen LogP contribution in [-0.2, 0) is 10.3 Å². The third-order valence-electron chi connectivity index (χ3n) is 4.20. The summed E-state index contributed by atoms with van der Waals surface area (Å²) in [5.41, 5.74) is 1.99. The Morgan fingerprint density at radius 3 is 2.63 bits per heavy atom. The van der Waals surface area contributed by atoms with Crippen molar-refractivity contribution in [2.75, 3.05) is 13.7 Å². The Kier molecular flexibility index (Phi) is 4.53. The molecule has 1 aliphatic carbocycles. The summed E-state index contributed by atoms with van der Waals surface area (Å²) < 4.78 is 5.75. The molecule has 106 valence electrons. The predicted octanol–water partition coefficient (Wildman–Crippen LogP) is 2.87. The van der Waals surface area contributed by atoms with Crippen molar-refractivity contribution in [2.45, 2.75) is 58.1 Å². The summed E-state index contributed by atoms with van der Waals surface area (Å²) in [6.45, 7) is 7.27. The van der Waals surface area contributed by atoms with Crippen LogP contribution in [0.2, 0.25) is 0 Å². The zero-order chi connectivity index (χ0) is 13.9. The molecule has 0 saturated heterocycles. The maximum absolute atomic E-state index is 5.75. The van der Waals surface area contributed by atoms with Gasteiger partial charge in [0.05, 0.1) is 0 Å². The fourth-order valence-electron chi connectivity index (χ4n) is 3.00. The van der Waals surface area contributed by atoms with Crippen molar-refractivity contribution in [1.82, 2.24) is 15.3 Å². The molecule has 1 aromatic rings. The van der Waals surface area contributed by atoms with Gasteiger partial charge in [-0.05, 0) is 46.1 Å². The van der Waals surface area contributed by atoms with Crippen LogP contribution >= 0.6 is 0 Å². The molecule has 1 unspecified atom stereocenters. The van der Waals surface area contributed by atoms with Crippen LogP contribution in [0.25, 0.3) is 0 Å². The molecule has 1 N–H and O–H groups in total. The average Bonchev–Trinajstić information content (AvgIpc) is 2.88. The van der Waals surface area contributed by atoms with Crippen LogP contribution in [0.3, 0.4) is 0 Å². The zero-order valence-electron chi connectivity index (χ0n) is 12.5. The number of nitrogens with zero attached hydrogens (tertiary/aromatic N) is 2. The quantitative estimate of drug-likeness (QED) is 0.887. The van der Waals surface area contributed by atoms with Gasteiger partial charge in [-0.15, -0.1) is 0 Å². The number of ether oxygens (including phenoxy) is 1. The van der Waals surface area contributed by atoms with E-state index in [0.717, 1.165) is 30.9 Å². The molecule has 4 nitrogen and oxygen atoms in total. The van der Waals surface area contributed by atoms with E-state index in [1.165, 1.54) is 18.4 Å². The number of hydrogen-bond acceptors (Lipinski definition) is 4. The minimum absolute atomic E-state index is 0.245. The van der Waals surface area contributed by atoms with Crippen molar-refractivity contribution in [3.8, 4) is 0 Å². The zero-order valence-corrected chi connectivity index (χ0v) is 12.5. The van der Waals surface area contributed by atoms with Crippen molar-refractivity contribution in [1.29, 1.82) is 0 Å². The summed E-state index contributed by atoms with van der Waals surface area (Å²) in [7, 11) is 1.78. The number of nitrogens with one attached hydrogen (secondary N) is 1. The van der Waals surface area contributed by atoms with Gasteiger partial charge in [-0.25, -0.2) is 9.97 Å². The lowest BCUT2D eigenvalue weighted by atomic mass is 10.00. The van der Waals surface area contributed by atoms with Crippen LogP contribution in [0.15, 0.2) is 6.20 Å². The van der Waals surface area contributed by atoms with Crippen molar-refractivity contribution in [3.05, 3.63) is 23.3 Å². The van der Waals surface area contributed by atoms with Crippen LogP contribution in [0, 0.1) is 6.92 Å². The summed E-state index contributed by atoms with van der Waals surface area (Å²) in [6, 6.07) is 0.293. The molecule has 2 rings (SSSR count). The lowest BCUT2D eigenvalue weighted by Gasteiger charge is -2.26. The average molecular weight is 263 g/mol. The highest BCUT2D eigenvalue weighted by Gasteiger charge is 2.38. The molecule has 1 fully saturated rings. The predicted molar refractivity (Wildman–Crippen MR) is 76.0 cm³/mol. The number of hydrogen-bond donors (Lipinski definition) is 1. The summed E-state index contributed by atoms with van der Waals surface area (Å²) in [6.07, 6.45) is 6.43. The molecule has 1 aromatic heterocycles. The van der Waals surface area contributed by atoms with E-state index in [1.54, 1.807) is 7.11 Å². The van der Waals surface area contributed by atoms with E-state index in [1.807, 2.05) is 6.20 Å². The molecule has 0 aromatic carbocycles. The number of rotatable bonds is 5. The summed E-state index contributed by atoms with van der Waals surface area (Å²) in [5, 5.41) is 3.40. The molecule has 0 radical (unpaired) electrons. The Morgan fingerprint density at radius 2 is 2.11 bits per heavy atom. The maximum Gasteiger partial charge on any atom is 0.160 e. The number of aryl methyl sites for hydroxylation is 1. The smallest absolute Gasteiger partial charge is 0.160 e. The van der Waals surface area contributed by atoms with Gasteiger partial charge >= 0.3 is 0 Å². The van der Waals surface area contributed by atoms with Gasteiger partial charge in [-0.1, -0.05) is 6.92 Å². The summed E-state index contributed by atoms with van der Waals surface area (Å²) in [4.78, 5) is 9.32.